The first-order chi connectivity index (χ1) is 13.4. The van der Waals surface area contributed by atoms with Gasteiger partial charge in [0.15, 0.2) is 11.6 Å². The van der Waals surface area contributed by atoms with Crippen molar-refractivity contribution < 1.29 is 13.9 Å². The average Bonchev–Trinajstić information content (AvgIpc) is 3.40. The van der Waals surface area contributed by atoms with Gasteiger partial charge in [-0.2, -0.15) is 0 Å². The van der Waals surface area contributed by atoms with Crippen LogP contribution in [0.2, 0.25) is 5.02 Å². The lowest BCUT2D eigenvalue weighted by Gasteiger charge is -2.14. The number of fused-ring (bicyclic) bond motifs is 1. The minimum atomic E-state index is -0.405. The number of hydrogen-bond acceptors (Lipinski definition) is 3. The van der Waals surface area contributed by atoms with E-state index in [2.05, 4.69) is 4.98 Å². The van der Waals surface area contributed by atoms with Gasteiger partial charge in [0.1, 0.15) is 12.1 Å². The van der Waals surface area contributed by atoms with E-state index in [1.807, 2.05) is 19.1 Å². The number of ketones is 1. The van der Waals surface area contributed by atoms with Gasteiger partial charge < -0.3 is 9.30 Å². The van der Waals surface area contributed by atoms with E-state index in [4.69, 9.17) is 16.3 Å². The molecule has 0 N–H and O–H groups in total. The van der Waals surface area contributed by atoms with E-state index in [0.717, 1.165) is 24.0 Å². The molecule has 1 saturated carbocycles. The van der Waals surface area contributed by atoms with Crippen LogP contribution in [0.15, 0.2) is 30.6 Å². The van der Waals surface area contributed by atoms with Crippen molar-refractivity contribution in [2.45, 2.75) is 26.2 Å². The van der Waals surface area contributed by atoms with Gasteiger partial charge in [-0.15, -0.1) is 0 Å². The molecule has 1 fully saturated rings. The number of aromatic nitrogens is 2. The van der Waals surface area contributed by atoms with Crippen molar-refractivity contribution in [1.82, 2.24) is 9.55 Å². The van der Waals surface area contributed by atoms with Crippen LogP contribution < -0.4 is 0 Å². The summed E-state index contributed by atoms with van der Waals surface area (Å²) in [6.45, 7) is 2.48. The average molecular weight is 401 g/mol. The molecule has 0 atom stereocenters. The Morgan fingerprint density at radius 1 is 1.36 bits per heavy atom. The number of aryl methyl sites for hydroxylation is 2. The van der Waals surface area contributed by atoms with E-state index in [1.165, 1.54) is 0 Å². The third-order valence-corrected chi connectivity index (χ3v) is 5.54. The highest BCUT2D eigenvalue weighted by Gasteiger charge is 2.24. The van der Waals surface area contributed by atoms with E-state index in [9.17, 15) is 4.79 Å². The van der Waals surface area contributed by atoms with Crippen LogP contribution in [0.3, 0.4) is 0 Å². The Balaban J connectivity index is 1.73. The summed E-state index contributed by atoms with van der Waals surface area (Å²) in [6, 6.07) is 7.19. The zero-order valence-corrected chi connectivity index (χ0v) is 16.7. The van der Waals surface area contributed by atoms with Gasteiger partial charge >= 0.3 is 0 Å². The van der Waals surface area contributed by atoms with Gasteiger partial charge in [0.2, 0.25) is 0 Å². The molecular weight excluding hydrogens is 379 g/mol. The Morgan fingerprint density at radius 2 is 2.14 bits per heavy atom. The predicted octanol–water partition coefficient (Wildman–Crippen LogP) is 4.87. The largest absolute Gasteiger partial charge is 0.373 e. The van der Waals surface area contributed by atoms with Crippen molar-refractivity contribution in [3.05, 3.63) is 63.7 Å². The summed E-state index contributed by atoms with van der Waals surface area (Å²) < 4.78 is 22.7. The first-order valence-electron chi connectivity index (χ1n) is 9.42. The lowest BCUT2D eigenvalue weighted by Crippen LogP contribution is -2.15. The second-order valence-electron chi connectivity index (χ2n) is 7.57. The van der Waals surface area contributed by atoms with Crippen LogP contribution in [0.1, 0.15) is 39.9 Å². The molecule has 6 heteroatoms. The SMILES string of the molecule is Cc1cc(Cl)ccc1Cc1c(C(=O)COCC2CC2)cc2ncn(C)c2c1F. The van der Waals surface area contributed by atoms with Crippen LogP contribution in [0.4, 0.5) is 4.39 Å². The molecule has 0 saturated heterocycles. The van der Waals surface area contributed by atoms with Gasteiger partial charge in [0, 0.05) is 29.6 Å². The number of nitrogens with zero attached hydrogens (tertiary/aromatic N) is 2. The molecule has 1 aromatic heterocycles. The standard InChI is InChI=1S/C22H22ClFN2O2/c1-13-7-16(23)6-5-15(13)8-18-17(20(27)11-28-10-14-3-4-14)9-19-22(21(18)24)26(2)12-25-19/h5-7,9,12,14H,3-4,8,10-11H2,1-2H3. The minimum Gasteiger partial charge on any atom is -0.373 e. The third-order valence-electron chi connectivity index (χ3n) is 5.30. The van der Waals surface area contributed by atoms with Gasteiger partial charge in [0.05, 0.1) is 18.5 Å². The number of ether oxygens (including phenoxy) is 1. The highest BCUT2D eigenvalue weighted by atomic mass is 35.5. The predicted molar refractivity (Wildman–Crippen MR) is 108 cm³/mol. The van der Waals surface area contributed by atoms with Crippen molar-refractivity contribution in [3.8, 4) is 0 Å². The molecule has 0 radical (unpaired) electrons. The van der Waals surface area contributed by atoms with E-state index >= 15 is 4.39 Å². The van der Waals surface area contributed by atoms with Crippen molar-refractivity contribution in [2.24, 2.45) is 13.0 Å². The number of Topliss-reactive ketones (excluding diaryl/α,β-unsaturated/α-hetero) is 1. The molecule has 0 unspecified atom stereocenters. The highest BCUT2D eigenvalue weighted by molar-refractivity contribution is 6.30. The monoisotopic (exact) mass is 400 g/mol. The van der Waals surface area contributed by atoms with Gasteiger partial charge in [-0.3, -0.25) is 4.79 Å². The number of halogens is 2. The fraction of sp³-hybridized carbons (Fsp3) is 0.364. The summed E-state index contributed by atoms with van der Waals surface area (Å²) in [5.74, 6) is -0.0508. The lowest BCUT2D eigenvalue weighted by molar-refractivity contribution is 0.0738. The maximum Gasteiger partial charge on any atom is 0.188 e. The van der Waals surface area contributed by atoms with Crippen LogP contribution in [0.25, 0.3) is 11.0 Å². The van der Waals surface area contributed by atoms with Crippen molar-refractivity contribution in [2.75, 3.05) is 13.2 Å². The normalized spacial score (nSPS) is 14.0. The molecule has 0 spiro atoms. The van der Waals surface area contributed by atoms with Crippen LogP contribution in [-0.4, -0.2) is 28.5 Å². The minimum absolute atomic E-state index is 0.0408. The Labute approximate surface area is 168 Å². The first kappa shape index (κ1) is 19.1. The Hall–Kier alpha value is -2.24. The van der Waals surface area contributed by atoms with Crippen LogP contribution >= 0.6 is 11.6 Å². The van der Waals surface area contributed by atoms with E-state index < -0.39 is 5.82 Å². The van der Waals surface area contributed by atoms with Gasteiger partial charge in [-0.05, 0) is 55.0 Å². The zero-order valence-electron chi connectivity index (χ0n) is 16.0. The van der Waals surface area contributed by atoms with Crippen molar-refractivity contribution in [3.63, 3.8) is 0 Å². The Bertz CT molecular complexity index is 1060. The number of hydrogen-bond donors (Lipinski definition) is 0. The fourth-order valence-corrected chi connectivity index (χ4v) is 3.68. The summed E-state index contributed by atoms with van der Waals surface area (Å²) in [6.07, 6.45) is 4.18. The first-order valence-corrected chi connectivity index (χ1v) is 9.80. The Kier molecular flexibility index (Phi) is 5.21. The topological polar surface area (TPSA) is 44.1 Å². The molecular formula is C22H22ClFN2O2. The maximum absolute atomic E-state index is 15.5. The molecule has 1 heterocycles. The lowest BCUT2D eigenvalue weighted by atomic mass is 9.94. The van der Waals surface area contributed by atoms with E-state index in [0.29, 0.717) is 46.1 Å². The molecule has 28 heavy (non-hydrogen) atoms. The van der Waals surface area contributed by atoms with Gasteiger partial charge in [-0.25, -0.2) is 9.37 Å². The number of benzene rings is 2. The molecule has 1 aliphatic rings. The molecule has 3 aromatic rings. The molecule has 0 aliphatic heterocycles. The van der Waals surface area contributed by atoms with Crippen molar-refractivity contribution >= 4 is 28.4 Å². The fourth-order valence-electron chi connectivity index (χ4n) is 3.46. The smallest absolute Gasteiger partial charge is 0.188 e. The molecule has 1 aliphatic carbocycles. The number of imidazole rings is 1. The number of carbonyl (C=O) groups is 1. The highest BCUT2D eigenvalue weighted by Crippen LogP contribution is 2.30. The number of rotatable bonds is 7. The molecule has 0 amide bonds. The number of carbonyl (C=O) groups excluding carboxylic acids is 1. The van der Waals surface area contributed by atoms with Crippen LogP contribution in [-0.2, 0) is 18.2 Å². The summed E-state index contributed by atoms with van der Waals surface area (Å²) >= 11 is 6.05. The molecule has 0 bridgehead atoms. The summed E-state index contributed by atoms with van der Waals surface area (Å²) in [5.41, 5.74) is 3.48. The zero-order chi connectivity index (χ0) is 19.8. The van der Waals surface area contributed by atoms with E-state index in [1.54, 1.807) is 30.1 Å². The second kappa shape index (κ2) is 7.64. The van der Waals surface area contributed by atoms with Gasteiger partial charge in [0.25, 0.3) is 0 Å². The van der Waals surface area contributed by atoms with Crippen LogP contribution in [0.5, 0.6) is 0 Å². The molecule has 4 nitrogen and oxygen atoms in total. The summed E-state index contributed by atoms with van der Waals surface area (Å²) in [7, 11) is 1.75. The van der Waals surface area contributed by atoms with Crippen LogP contribution in [0, 0.1) is 18.7 Å². The third kappa shape index (κ3) is 3.82. The summed E-state index contributed by atoms with van der Waals surface area (Å²) in [4.78, 5) is 17.1. The van der Waals surface area contributed by atoms with Crippen molar-refractivity contribution in [1.29, 1.82) is 0 Å². The maximum atomic E-state index is 15.5. The molecule has 4 rings (SSSR count). The van der Waals surface area contributed by atoms with E-state index in [-0.39, 0.29) is 12.4 Å². The molecule has 2 aromatic carbocycles. The quantitative estimate of drug-likeness (QED) is 0.531. The summed E-state index contributed by atoms with van der Waals surface area (Å²) in [5, 5.41) is 0.633. The molecule has 146 valence electrons. The van der Waals surface area contributed by atoms with Gasteiger partial charge in [-0.1, -0.05) is 17.7 Å². The Morgan fingerprint density at radius 3 is 2.86 bits per heavy atom. The second-order valence-corrected chi connectivity index (χ2v) is 8.01.